The highest BCUT2D eigenvalue weighted by atomic mass is 16.5. The van der Waals surface area contributed by atoms with Crippen molar-refractivity contribution in [3.63, 3.8) is 0 Å². The summed E-state index contributed by atoms with van der Waals surface area (Å²) in [6, 6.07) is 25.6. The molecule has 1 N–H and O–H groups in total. The van der Waals surface area contributed by atoms with Gasteiger partial charge in [-0.3, -0.25) is 4.79 Å². The quantitative estimate of drug-likeness (QED) is 0.221. The summed E-state index contributed by atoms with van der Waals surface area (Å²) in [6.07, 6.45) is 7.87. The normalized spacial score (nSPS) is 16.2. The molecule has 2 aliphatic rings. The molecule has 44 heavy (non-hydrogen) atoms. The number of hydrogen-bond donors (Lipinski definition) is 1. The van der Waals surface area contributed by atoms with E-state index in [1.165, 1.54) is 19.3 Å². The first kappa shape index (κ1) is 28.0. The molecule has 1 saturated heterocycles. The molecule has 1 aliphatic heterocycles. The molecule has 5 aromatic rings. The summed E-state index contributed by atoms with van der Waals surface area (Å²) in [6.45, 7) is 3.28. The lowest BCUT2D eigenvalue weighted by molar-refractivity contribution is 0.0664. The van der Waals surface area contributed by atoms with Crippen molar-refractivity contribution >= 4 is 28.6 Å². The molecule has 0 atom stereocenters. The molecule has 1 amide bonds. The molecule has 0 radical (unpaired) electrons. The van der Waals surface area contributed by atoms with Crippen LogP contribution in [0, 0.1) is 0 Å². The van der Waals surface area contributed by atoms with Gasteiger partial charge in [0.15, 0.2) is 22.8 Å². The predicted octanol–water partition coefficient (Wildman–Crippen LogP) is 6.92. The fraction of sp³-hybridized carbons (Fsp3) is 0.314. The van der Waals surface area contributed by atoms with Crippen molar-refractivity contribution in [1.29, 1.82) is 0 Å². The molecule has 224 valence electrons. The van der Waals surface area contributed by atoms with Gasteiger partial charge in [0.1, 0.15) is 11.5 Å². The topological polar surface area (TPSA) is 88.4 Å². The number of rotatable bonds is 7. The zero-order chi connectivity index (χ0) is 29.9. The van der Waals surface area contributed by atoms with E-state index in [0.29, 0.717) is 23.2 Å². The number of nitrogens with one attached hydrogen (secondary N) is 1. The number of amides is 1. The van der Waals surface area contributed by atoms with Gasteiger partial charge in [0.2, 0.25) is 0 Å². The van der Waals surface area contributed by atoms with Crippen molar-refractivity contribution in [3.8, 4) is 22.9 Å². The molecule has 3 aromatic carbocycles. The molecule has 2 aromatic heterocycles. The van der Waals surface area contributed by atoms with Gasteiger partial charge < -0.3 is 24.4 Å². The molecule has 7 rings (SSSR count). The Morgan fingerprint density at radius 2 is 1.52 bits per heavy atom. The number of nitrogens with zero attached hydrogens (tertiary/aromatic N) is 6. The molecule has 0 spiro atoms. The first-order valence-electron chi connectivity index (χ1n) is 15.5. The molecular weight excluding hydrogens is 550 g/mol. The Balaban J connectivity index is 1.19. The van der Waals surface area contributed by atoms with E-state index in [-0.39, 0.29) is 5.91 Å². The standard InChI is InChI=1S/C35H37N7O2/c1-40-20-22-41(23-21-40)35(43)26-14-12-25(13-15-26)32-38-33(31-34(39-32)42(24-36-31)28-8-4-2-5-9-28)37-27-16-18-30(19-17-27)44-29-10-6-3-7-11-29/h3,6-7,10-19,24,28H,2,4-5,8-9,20-23H2,1H3,(H,37,38,39). The van der Waals surface area contributed by atoms with Crippen LogP contribution in [0.3, 0.4) is 0 Å². The lowest BCUT2D eigenvalue weighted by Gasteiger charge is -2.32. The van der Waals surface area contributed by atoms with Gasteiger partial charge in [0, 0.05) is 49.0 Å². The number of imidazole rings is 1. The molecule has 1 aliphatic carbocycles. The number of benzene rings is 3. The molecule has 0 bridgehead atoms. The number of carbonyl (C=O) groups is 1. The second-order valence-electron chi connectivity index (χ2n) is 11.7. The highest BCUT2D eigenvalue weighted by Crippen LogP contribution is 2.34. The summed E-state index contributed by atoms with van der Waals surface area (Å²) < 4.78 is 8.20. The molecule has 0 unspecified atom stereocenters. The Morgan fingerprint density at radius 3 is 2.25 bits per heavy atom. The number of fused-ring (bicyclic) bond motifs is 1. The Hall–Kier alpha value is -4.76. The van der Waals surface area contributed by atoms with Crippen LogP contribution in [0.15, 0.2) is 85.2 Å². The van der Waals surface area contributed by atoms with E-state index in [9.17, 15) is 4.79 Å². The van der Waals surface area contributed by atoms with Crippen LogP contribution in [0.2, 0.25) is 0 Å². The van der Waals surface area contributed by atoms with E-state index in [1.807, 2.05) is 90.1 Å². The van der Waals surface area contributed by atoms with Crippen molar-refractivity contribution in [1.82, 2.24) is 29.3 Å². The van der Waals surface area contributed by atoms with Gasteiger partial charge >= 0.3 is 0 Å². The zero-order valence-electron chi connectivity index (χ0n) is 25.0. The predicted molar refractivity (Wildman–Crippen MR) is 173 cm³/mol. The Bertz CT molecular complexity index is 1720. The summed E-state index contributed by atoms with van der Waals surface area (Å²) in [7, 11) is 2.09. The number of carbonyl (C=O) groups excluding carboxylic acids is 1. The number of ether oxygens (including phenoxy) is 1. The largest absolute Gasteiger partial charge is 0.457 e. The van der Waals surface area contributed by atoms with Crippen molar-refractivity contribution < 1.29 is 9.53 Å². The van der Waals surface area contributed by atoms with E-state index >= 15 is 0 Å². The van der Waals surface area contributed by atoms with Gasteiger partial charge in [0.25, 0.3) is 5.91 Å². The van der Waals surface area contributed by atoms with Gasteiger partial charge in [-0.1, -0.05) is 49.6 Å². The Kier molecular flexibility index (Phi) is 7.94. The third-order valence-corrected chi connectivity index (χ3v) is 8.67. The third kappa shape index (κ3) is 6.01. The zero-order valence-corrected chi connectivity index (χ0v) is 25.0. The van der Waals surface area contributed by atoms with Gasteiger partial charge in [-0.25, -0.2) is 15.0 Å². The van der Waals surface area contributed by atoms with Crippen molar-refractivity contribution in [3.05, 3.63) is 90.8 Å². The third-order valence-electron chi connectivity index (χ3n) is 8.67. The minimum atomic E-state index is 0.0680. The molecule has 2 fully saturated rings. The van der Waals surface area contributed by atoms with E-state index in [0.717, 1.165) is 72.9 Å². The fourth-order valence-electron chi connectivity index (χ4n) is 6.08. The maximum Gasteiger partial charge on any atom is 0.253 e. The highest BCUT2D eigenvalue weighted by Gasteiger charge is 2.23. The molecule has 3 heterocycles. The van der Waals surface area contributed by atoms with Crippen molar-refractivity contribution in [2.24, 2.45) is 0 Å². The summed E-state index contributed by atoms with van der Waals surface area (Å²) >= 11 is 0. The van der Waals surface area contributed by atoms with Gasteiger partial charge in [-0.2, -0.15) is 0 Å². The van der Waals surface area contributed by atoms with Crippen LogP contribution >= 0.6 is 0 Å². The second-order valence-corrected chi connectivity index (χ2v) is 11.7. The molecule has 9 nitrogen and oxygen atoms in total. The number of aromatic nitrogens is 4. The summed E-state index contributed by atoms with van der Waals surface area (Å²) in [5, 5.41) is 3.49. The number of hydrogen-bond acceptors (Lipinski definition) is 7. The van der Waals surface area contributed by atoms with E-state index in [1.54, 1.807) is 0 Å². The molecule has 1 saturated carbocycles. The average Bonchev–Trinajstić information content (AvgIpc) is 3.51. The van der Waals surface area contributed by atoms with Gasteiger partial charge in [0.05, 0.1) is 6.33 Å². The molecule has 9 heteroatoms. The van der Waals surface area contributed by atoms with Gasteiger partial charge in [-0.05, 0) is 68.4 Å². The van der Waals surface area contributed by atoms with Crippen LogP contribution in [-0.4, -0.2) is 68.5 Å². The van der Waals surface area contributed by atoms with Crippen LogP contribution in [0.5, 0.6) is 11.5 Å². The van der Waals surface area contributed by atoms with Gasteiger partial charge in [-0.15, -0.1) is 0 Å². The average molecular weight is 588 g/mol. The number of likely N-dealkylation sites (N-methyl/N-ethyl adjacent to an activating group) is 1. The maximum absolute atomic E-state index is 13.1. The fourth-order valence-corrected chi connectivity index (χ4v) is 6.08. The van der Waals surface area contributed by atoms with Crippen LogP contribution in [0.4, 0.5) is 11.5 Å². The first-order chi connectivity index (χ1) is 21.6. The van der Waals surface area contributed by atoms with Crippen LogP contribution in [0.25, 0.3) is 22.6 Å². The van der Waals surface area contributed by atoms with E-state index in [4.69, 9.17) is 19.7 Å². The Labute approximate surface area is 257 Å². The van der Waals surface area contributed by atoms with Crippen LogP contribution in [-0.2, 0) is 0 Å². The lowest BCUT2D eigenvalue weighted by Crippen LogP contribution is -2.47. The summed E-state index contributed by atoms with van der Waals surface area (Å²) in [5.41, 5.74) is 3.98. The minimum Gasteiger partial charge on any atom is -0.457 e. The minimum absolute atomic E-state index is 0.0680. The summed E-state index contributed by atoms with van der Waals surface area (Å²) in [4.78, 5) is 32.1. The SMILES string of the molecule is CN1CCN(C(=O)c2ccc(-c3nc(Nc4ccc(Oc5ccccc5)cc4)c4ncn(C5CCCCC5)c4n3)cc2)CC1. The highest BCUT2D eigenvalue weighted by molar-refractivity contribution is 5.95. The second kappa shape index (κ2) is 12.5. The van der Waals surface area contributed by atoms with Crippen molar-refractivity contribution in [2.75, 3.05) is 38.5 Å². The molecular formula is C35H37N7O2. The number of anilines is 2. The van der Waals surface area contributed by atoms with Crippen LogP contribution < -0.4 is 10.1 Å². The van der Waals surface area contributed by atoms with E-state index < -0.39 is 0 Å². The van der Waals surface area contributed by atoms with E-state index in [2.05, 4.69) is 21.8 Å². The Morgan fingerprint density at radius 1 is 0.818 bits per heavy atom. The smallest absolute Gasteiger partial charge is 0.253 e. The maximum atomic E-state index is 13.1. The summed E-state index contributed by atoms with van der Waals surface area (Å²) in [5.74, 6) is 2.86. The first-order valence-corrected chi connectivity index (χ1v) is 15.5. The monoisotopic (exact) mass is 587 g/mol. The lowest BCUT2D eigenvalue weighted by atomic mass is 9.95. The number of para-hydroxylation sites is 1. The van der Waals surface area contributed by atoms with Crippen LogP contribution in [0.1, 0.15) is 48.5 Å². The van der Waals surface area contributed by atoms with Crippen molar-refractivity contribution in [2.45, 2.75) is 38.1 Å². The number of piperazine rings is 1.